The molecule has 15 heavy (non-hydrogen) atoms. The Balaban J connectivity index is 3.00. The molecular weight excluding hydrogens is 306 g/mol. The molecule has 86 valence electrons. The number of halogens is 2. The molecule has 0 bridgehead atoms. The highest BCUT2D eigenvalue weighted by Gasteiger charge is 2.19. The zero-order valence-electron chi connectivity index (χ0n) is 8.53. The second kappa shape index (κ2) is 4.40. The van der Waals surface area contributed by atoms with Crippen LogP contribution in [0.4, 0.5) is 0 Å². The minimum absolute atomic E-state index is 0.200. The van der Waals surface area contributed by atoms with Crippen LogP contribution in [-0.2, 0) is 22.8 Å². The van der Waals surface area contributed by atoms with Gasteiger partial charge < -0.3 is 0 Å². The molecule has 1 heterocycles. The van der Waals surface area contributed by atoms with Gasteiger partial charge in [-0.3, -0.25) is 4.68 Å². The molecule has 0 fully saturated rings. The van der Waals surface area contributed by atoms with E-state index in [9.17, 15) is 8.42 Å². The van der Waals surface area contributed by atoms with Gasteiger partial charge in [0.25, 0.3) is 9.24 Å². The summed E-state index contributed by atoms with van der Waals surface area (Å²) < 4.78 is 25.5. The molecule has 0 aliphatic rings. The Morgan fingerprint density at radius 3 is 2.47 bits per heavy atom. The Morgan fingerprint density at radius 2 is 2.13 bits per heavy atom. The van der Waals surface area contributed by atoms with E-state index in [0.717, 1.165) is 20.2 Å². The number of rotatable bonds is 3. The van der Waals surface area contributed by atoms with E-state index >= 15 is 0 Å². The zero-order chi connectivity index (χ0) is 11.8. The Bertz CT molecular complexity index is 471. The van der Waals surface area contributed by atoms with Gasteiger partial charge in [-0.1, -0.05) is 0 Å². The standard InChI is InChI=1S/C7H11BrClN3O2S/c1-5-6(7(8)12(3)10-5)4-11(2)15(9,13)14/h4H2,1-3H3. The smallest absolute Gasteiger partial charge is 0.261 e. The molecule has 1 rings (SSSR count). The second-order valence-corrected chi connectivity index (χ2v) is 6.55. The molecule has 0 aliphatic heterocycles. The lowest BCUT2D eigenvalue weighted by Gasteiger charge is -2.11. The fraction of sp³-hybridized carbons (Fsp3) is 0.571. The molecule has 0 N–H and O–H groups in total. The fourth-order valence-corrected chi connectivity index (χ4v) is 2.07. The van der Waals surface area contributed by atoms with Gasteiger partial charge in [0.2, 0.25) is 0 Å². The topological polar surface area (TPSA) is 55.2 Å². The van der Waals surface area contributed by atoms with Crippen LogP contribution in [0, 0.1) is 6.92 Å². The van der Waals surface area contributed by atoms with Crippen molar-refractivity contribution in [2.24, 2.45) is 7.05 Å². The highest BCUT2D eigenvalue weighted by molar-refractivity contribution is 9.10. The van der Waals surface area contributed by atoms with E-state index in [2.05, 4.69) is 21.0 Å². The average molecular weight is 317 g/mol. The minimum Gasteiger partial charge on any atom is -0.261 e. The monoisotopic (exact) mass is 315 g/mol. The molecule has 5 nitrogen and oxygen atoms in total. The molecule has 8 heteroatoms. The summed E-state index contributed by atoms with van der Waals surface area (Å²) in [5.41, 5.74) is 1.58. The van der Waals surface area contributed by atoms with Crippen molar-refractivity contribution in [3.05, 3.63) is 15.9 Å². The van der Waals surface area contributed by atoms with E-state index in [1.54, 1.807) is 11.7 Å². The van der Waals surface area contributed by atoms with Crippen LogP contribution in [0.15, 0.2) is 4.60 Å². The molecule has 1 aromatic rings. The van der Waals surface area contributed by atoms with E-state index in [-0.39, 0.29) is 6.54 Å². The molecule has 0 aromatic carbocycles. The van der Waals surface area contributed by atoms with E-state index in [1.165, 1.54) is 7.05 Å². The summed E-state index contributed by atoms with van der Waals surface area (Å²) in [4.78, 5) is 0. The Kier molecular flexibility index (Phi) is 3.80. The van der Waals surface area contributed by atoms with Crippen molar-refractivity contribution in [1.82, 2.24) is 14.1 Å². The highest BCUT2D eigenvalue weighted by atomic mass is 79.9. The summed E-state index contributed by atoms with van der Waals surface area (Å²) in [6.45, 7) is 2.01. The van der Waals surface area contributed by atoms with Crippen LogP contribution in [0.3, 0.4) is 0 Å². The first kappa shape index (κ1) is 13.0. The molecule has 0 unspecified atom stereocenters. The van der Waals surface area contributed by atoms with Gasteiger partial charge in [0, 0.05) is 36.9 Å². The first-order chi connectivity index (χ1) is 6.73. The first-order valence-electron chi connectivity index (χ1n) is 4.07. The SMILES string of the molecule is Cc1nn(C)c(Br)c1CN(C)S(=O)(=O)Cl. The summed E-state index contributed by atoms with van der Waals surface area (Å²) >= 11 is 3.33. The van der Waals surface area contributed by atoms with Gasteiger partial charge in [0.15, 0.2) is 0 Å². The Labute approximate surface area is 102 Å². The first-order valence-corrected chi connectivity index (χ1v) is 7.13. The van der Waals surface area contributed by atoms with Crippen molar-refractivity contribution in [3.8, 4) is 0 Å². The quantitative estimate of drug-likeness (QED) is 0.792. The van der Waals surface area contributed by atoms with Crippen LogP contribution in [0.5, 0.6) is 0 Å². The number of nitrogens with zero attached hydrogens (tertiary/aromatic N) is 3. The molecule has 1 aromatic heterocycles. The predicted octanol–water partition coefficient (Wildman–Crippen LogP) is 1.41. The fourth-order valence-electron chi connectivity index (χ4n) is 1.15. The Hall–Kier alpha value is -0.110. The maximum absolute atomic E-state index is 11.0. The van der Waals surface area contributed by atoms with Crippen molar-refractivity contribution in [3.63, 3.8) is 0 Å². The second-order valence-electron chi connectivity index (χ2n) is 3.18. The van der Waals surface area contributed by atoms with Gasteiger partial charge in [-0.15, -0.1) is 0 Å². The summed E-state index contributed by atoms with van der Waals surface area (Å²) in [5, 5.41) is 4.15. The Morgan fingerprint density at radius 1 is 1.60 bits per heavy atom. The van der Waals surface area contributed by atoms with E-state index < -0.39 is 9.24 Å². The number of aromatic nitrogens is 2. The highest BCUT2D eigenvalue weighted by Crippen LogP contribution is 2.22. The van der Waals surface area contributed by atoms with E-state index in [1.807, 2.05) is 6.92 Å². The van der Waals surface area contributed by atoms with Crippen molar-refractivity contribution >= 4 is 35.8 Å². The molecule has 0 amide bonds. The third-order valence-corrected chi connectivity index (χ3v) is 4.60. The van der Waals surface area contributed by atoms with Gasteiger partial charge in [-0.2, -0.15) is 17.8 Å². The van der Waals surface area contributed by atoms with Crippen LogP contribution < -0.4 is 0 Å². The van der Waals surface area contributed by atoms with Crippen molar-refractivity contribution in [2.75, 3.05) is 7.05 Å². The summed E-state index contributed by atoms with van der Waals surface area (Å²) in [7, 11) is 4.71. The largest absolute Gasteiger partial charge is 0.299 e. The van der Waals surface area contributed by atoms with Gasteiger partial charge in [-0.05, 0) is 22.9 Å². The molecule has 0 atom stereocenters. The zero-order valence-corrected chi connectivity index (χ0v) is 11.7. The van der Waals surface area contributed by atoms with Gasteiger partial charge >= 0.3 is 0 Å². The minimum atomic E-state index is -3.68. The van der Waals surface area contributed by atoms with E-state index in [4.69, 9.17) is 10.7 Å². The summed E-state index contributed by atoms with van der Waals surface area (Å²) in [6, 6.07) is 0. The lowest BCUT2D eigenvalue weighted by molar-refractivity contribution is 0.479. The van der Waals surface area contributed by atoms with Crippen molar-refractivity contribution in [2.45, 2.75) is 13.5 Å². The molecular formula is C7H11BrClN3O2S. The van der Waals surface area contributed by atoms with Gasteiger partial charge in [0.05, 0.1) is 5.69 Å². The van der Waals surface area contributed by atoms with Crippen LogP contribution in [0.2, 0.25) is 0 Å². The summed E-state index contributed by atoms with van der Waals surface area (Å²) in [5.74, 6) is 0. The molecule has 0 spiro atoms. The molecule has 0 radical (unpaired) electrons. The van der Waals surface area contributed by atoms with Gasteiger partial charge in [-0.25, -0.2) is 0 Å². The summed E-state index contributed by atoms with van der Waals surface area (Å²) in [6.07, 6.45) is 0. The third-order valence-electron chi connectivity index (χ3n) is 2.02. The van der Waals surface area contributed by atoms with Crippen LogP contribution in [-0.4, -0.2) is 29.6 Å². The predicted molar refractivity (Wildman–Crippen MR) is 61.9 cm³/mol. The molecule has 0 saturated heterocycles. The average Bonchev–Trinajstić information content (AvgIpc) is 2.30. The van der Waals surface area contributed by atoms with Crippen LogP contribution >= 0.6 is 26.6 Å². The third kappa shape index (κ3) is 2.93. The van der Waals surface area contributed by atoms with Crippen LogP contribution in [0.25, 0.3) is 0 Å². The van der Waals surface area contributed by atoms with E-state index in [0.29, 0.717) is 0 Å². The lowest BCUT2D eigenvalue weighted by Crippen LogP contribution is -2.21. The molecule has 0 saturated carbocycles. The molecule has 0 aliphatic carbocycles. The normalized spacial score (nSPS) is 12.4. The maximum atomic E-state index is 11.0. The maximum Gasteiger partial charge on any atom is 0.299 e. The number of hydrogen-bond acceptors (Lipinski definition) is 3. The van der Waals surface area contributed by atoms with Gasteiger partial charge in [0.1, 0.15) is 4.60 Å². The lowest BCUT2D eigenvalue weighted by atomic mass is 10.3. The number of aryl methyl sites for hydroxylation is 2. The van der Waals surface area contributed by atoms with Crippen molar-refractivity contribution in [1.29, 1.82) is 0 Å². The number of hydrogen-bond donors (Lipinski definition) is 0. The van der Waals surface area contributed by atoms with Crippen LogP contribution in [0.1, 0.15) is 11.3 Å². The van der Waals surface area contributed by atoms with Crippen molar-refractivity contribution < 1.29 is 8.42 Å².